The number of rotatable bonds is 7. The number of alkyl halides is 3. The SMILES string of the molecule is CCOC(=O)Cn1ccc2cc(/C=C/c3cccc4c3CN(c3ccc(OC(F)(F)F)cc3)C4=O)ccc21. The Morgan fingerprint density at radius 3 is 2.55 bits per heavy atom. The van der Waals surface area contributed by atoms with Crippen LogP contribution in [0.25, 0.3) is 23.1 Å². The largest absolute Gasteiger partial charge is 0.573 e. The summed E-state index contributed by atoms with van der Waals surface area (Å²) < 4.78 is 48.2. The molecule has 0 N–H and O–H groups in total. The highest BCUT2D eigenvalue weighted by Crippen LogP contribution is 2.33. The van der Waals surface area contributed by atoms with Gasteiger partial charge in [0, 0.05) is 28.4 Å². The van der Waals surface area contributed by atoms with Crippen molar-refractivity contribution in [2.45, 2.75) is 26.4 Å². The lowest BCUT2D eigenvalue weighted by Crippen LogP contribution is -2.23. The van der Waals surface area contributed by atoms with E-state index >= 15 is 0 Å². The van der Waals surface area contributed by atoms with Crippen molar-refractivity contribution >= 4 is 40.6 Å². The fraction of sp³-hybridized carbons (Fsp3) is 0.172. The maximum Gasteiger partial charge on any atom is 0.573 e. The van der Waals surface area contributed by atoms with E-state index in [1.54, 1.807) is 19.1 Å². The Morgan fingerprint density at radius 2 is 1.82 bits per heavy atom. The van der Waals surface area contributed by atoms with E-state index in [0.29, 0.717) is 24.4 Å². The molecule has 9 heteroatoms. The van der Waals surface area contributed by atoms with Crippen molar-refractivity contribution in [1.82, 2.24) is 4.57 Å². The monoisotopic (exact) mass is 520 g/mol. The van der Waals surface area contributed by atoms with Crippen LogP contribution in [-0.2, 0) is 22.6 Å². The Labute approximate surface area is 216 Å². The number of hydrogen-bond acceptors (Lipinski definition) is 4. The smallest absolute Gasteiger partial charge is 0.465 e. The van der Waals surface area contributed by atoms with E-state index in [0.717, 1.165) is 27.6 Å². The number of nitrogens with zero attached hydrogens (tertiary/aromatic N) is 2. The molecule has 0 atom stereocenters. The van der Waals surface area contributed by atoms with Crippen molar-refractivity contribution in [1.29, 1.82) is 0 Å². The second-order valence-electron chi connectivity index (χ2n) is 8.71. The van der Waals surface area contributed by atoms with Crippen molar-refractivity contribution in [3.63, 3.8) is 0 Å². The van der Waals surface area contributed by atoms with Crippen LogP contribution in [0.3, 0.4) is 0 Å². The van der Waals surface area contributed by atoms with Gasteiger partial charge in [0.25, 0.3) is 5.91 Å². The summed E-state index contributed by atoms with van der Waals surface area (Å²) in [5, 5.41) is 0.981. The number of esters is 1. The Bertz CT molecular complexity index is 1540. The van der Waals surface area contributed by atoms with Gasteiger partial charge in [0.2, 0.25) is 0 Å². The molecular formula is C29H23F3N2O4. The molecule has 0 saturated carbocycles. The Kier molecular flexibility index (Phi) is 6.67. The molecule has 0 aliphatic carbocycles. The minimum Gasteiger partial charge on any atom is -0.465 e. The molecule has 0 fully saturated rings. The lowest BCUT2D eigenvalue weighted by molar-refractivity contribution is -0.274. The van der Waals surface area contributed by atoms with Crippen LogP contribution < -0.4 is 9.64 Å². The number of amides is 1. The van der Waals surface area contributed by atoms with Gasteiger partial charge in [-0.15, -0.1) is 13.2 Å². The topological polar surface area (TPSA) is 60.8 Å². The molecule has 194 valence electrons. The molecular weight excluding hydrogens is 497 g/mol. The third-order valence-corrected chi connectivity index (χ3v) is 6.24. The summed E-state index contributed by atoms with van der Waals surface area (Å²) in [6, 6.07) is 18.6. The summed E-state index contributed by atoms with van der Waals surface area (Å²) in [5.74, 6) is -0.854. The van der Waals surface area contributed by atoms with E-state index < -0.39 is 6.36 Å². The lowest BCUT2D eigenvalue weighted by Gasteiger charge is -2.16. The van der Waals surface area contributed by atoms with E-state index in [1.165, 1.54) is 29.2 Å². The Morgan fingerprint density at radius 1 is 1.03 bits per heavy atom. The number of fused-ring (bicyclic) bond motifs is 2. The number of ether oxygens (including phenoxy) is 2. The molecule has 0 unspecified atom stereocenters. The maximum absolute atomic E-state index is 13.1. The van der Waals surface area contributed by atoms with Crippen LogP contribution in [-0.4, -0.2) is 29.4 Å². The number of carbonyl (C=O) groups is 2. The zero-order valence-corrected chi connectivity index (χ0v) is 20.4. The fourth-order valence-corrected chi connectivity index (χ4v) is 4.54. The molecule has 0 spiro atoms. The van der Waals surface area contributed by atoms with Gasteiger partial charge >= 0.3 is 12.3 Å². The zero-order chi connectivity index (χ0) is 26.9. The van der Waals surface area contributed by atoms with Crippen molar-refractivity contribution in [2.24, 2.45) is 0 Å². The van der Waals surface area contributed by atoms with E-state index in [1.807, 2.05) is 53.2 Å². The molecule has 38 heavy (non-hydrogen) atoms. The third-order valence-electron chi connectivity index (χ3n) is 6.24. The molecule has 1 aliphatic rings. The van der Waals surface area contributed by atoms with E-state index in [-0.39, 0.29) is 24.2 Å². The van der Waals surface area contributed by atoms with Crippen molar-refractivity contribution in [3.05, 3.63) is 95.2 Å². The average Bonchev–Trinajstić information content (AvgIpc) is 3.43. The van der Waals surface area contributed by atoms with E-state index in [9.17, 15) is 22.8 Å². The zero-order valence-electron chi connectivity index (χ0n) is 20.4. The minimum atomic E-state index is -4.78. The van der Waals surface area contributed by atoms with Gasteiger partial charge < -0.3 is 18.9 Å². The average molecular weight is 521 g/mol. The summed E-state index contributed by atoms with van der Waals surface area (Å²) in [4.78, 5) is 26.4. The van der Waals surface area contributed by atoms with E-state index in [4.69, 9.17) is 4.74 Å². The molecule has 6 nitrogen and oxygen atoms in total. The number of hydrogen-bond donors (Lipinski definition) is 0. The number of benzene rings is 3. The van der Waals surface area contributed by atoms with Crippen molar-refractivity contribution < 1.29 is 32.2 Å². The summed E-state index contributed by atoms with van der Waals surface area (Å²) in [5.41, 5.74) is 4.61. The highest BCUT2D eigenvalue weighted by atomic mass is 19.4. The van der Waals surface area contributed by atoms with Crippen molar-refractivity contribution in [3.8, 4) is 5.75 Å². The molecule has 0 radical (unpaired) electrons. The Balaban J connectivity index is 1.34. The van der Waals surface area contributed by atoms with Crippen molar-refractivity contribution in [2.75, 3.05) is 11.5 Å². The van der Waals surface area contributed by atoms with Crippen LogP contribution in [0.15, 0.2) is 72.9 Å². The second-order valence-corrected chi connectivity index (χ2v) is 8.71. The first kappa shape index (κ1) is 25.1. The van der Waals surface area contributed by atoms with Gasteiger partial charge in [-0.05, 0) is 72.1 Å². The van der Waals surface area contributed by atoms with Crippen LogP contribution in [0.1, 0.15) is 34.0 Å². The number of anilines is 1. The molecule has 4 aromatic rings. The minimum absolute atomic E-state index is 0.144. The van der Waals surface area contributed by atoms with Gasteiger partial charge in [-0.2, -0.15) is 0 Å². The summed E-state index contributed by atoms with van der Waals surface area (Å²) in [7, 11) is 0. The summed E-state index contributed by atoms with van der Waals surface area (Å²) in [6.07, 6.45) is 0.960. The predicted molar refractivity (Wildman–Crippen MR) is 138 cm³/mol. The first-order valence-corrected chi connectivity index (χ1v) is 11.9. The molecule has 1 aliphatic heterocycles. The van der Waals surface area contributed by atoms with Gasteiger partial charge in [-0.25, -0.2) is 0 Å². The van der Waals surface area contributed by atoms with Gasteiger partial charge in [-0.1, -0.05) is 30.4 Å². The summed E-state index contributed by atoms with van der Waals surface area (Å²) in [6.45, 7) is 2.55. The van der Waals surface area contributed by atoms with Crippen LogP contribution in [0.5, 0.6) is 5.75 Å². The molecule has 0 saturated heterocycles. The first-order valence-electron chi connectivity index (χ1n) is 11.9. The summed E-state index contributed by atoms with van der Waals surface area (Å²) >= 11 is 0. The number of halogens is 3. The highest BCUT2D eigenvalue weighted by Gasteiger charge is 2.32. The second kappa shape index (κ2) is 10.1. The standard InChI is InChI=1S/C29H23F3N2O4/c1-2-37-27(35)18-33-15-14-21-16-19(7-13-26(21)33)6-8-20-4-3-5-24-25(20)17-34(28(24)36)22-9-11-23(12-10-22)38-29(30,31)32/h3-16H,2,17-18H2,1H3/b8-6+. The number of aromatic nitrogens is 1. The molecule has 3 aromatic carbocycles. The molecule has 1 amide bonds. The molecule has 1 aromatic heterocycles. The predicted octanol–water partition coefficient (Wildman–Crippen LogP) is 6.43. The molecule has 0 bridgehead atoms. The van der Waals surface area contributed by atoms with Gasteiger partial charge in [0.1, 0.15) is 12.3 Å². The fourth-order valence-electron chi connectivity index (χ4n) is 4.54. The van der Waals surface area contributed by atoms with Crippen LogP contribution in [0.4, 0.5) is 18.9 Å². The van der Waals surface area contributed by atoms with Gasteiger partial charge in [0.15, 0.2) is 0 Å². The highest BCUT2D eigenvalue weighted by molar-refractivity contribution is 6.10. The normalized spacial score (nSPS) is 13.4. The number of carbonyl (C=O) groups excluding carboxylic acids is 2. The Hall–Kier alpha value is -4.53. The van der Waals surface area contributed by atoms with Crippen LogP contribution in [0, 0.1) is 0 Å². The van der Waals surface area contributed by atoms with Crippen LogP contribution in [0.2, 0.25) is 0 Å². The maximum atomic E-state index is 13.1. The third kappa shape index (κ3) is 5.27. The molecule has 5 rings (SSSR count). The van der Waals surface area contributed by atoms with Gasteiger partial charge in [-0.3, -0.25) is 9.59 Å². The quantitative estimate of drug-likeness (QED) is 0.208. The first-order chi connectivity index (χ1) is 18.2. The van der Waals surface area contributed by atoms with Crippen LogP contribution >= 0.6 is 0 Å². The van der Waals surface area contributed by atoms with E-state index in [2.05, 4.69) is 4.74 Å². The molecule has 2 heterocycles. The van der Waals surface area contributed by atoms with Gasteiger partial charge in [0.05, 0.1) is 13.2 Å². The lowest BCUT2D eigenvalue weighted by atomic mass is 10.0.